The van der Waals surface area contributed by atoms with E-state index in [4.69, 9.17) is 0 Å². The Bertz CT molecular complexity index is 79.3. The molecule has 0 nitrogen and oxygen atoms in total. The number of thiol groups is 2. The third kappa shape index (κ3) is 5.48. The Morgan fingerprint density at radius 2 is 1.90 bits per heavy atom. The van der Waals surface area contributed by atoms with Gasteiger partial charge in [0.05, 0.1) is 4.08 Å². The first-order valence-electron chi connectivity index (χ1n) is 3.86. The summed E-state index contributed by atoms with van der Waals surface area (Å²) in [6, 6.07) is 0. The van der Waals surface area contributed by atoms with Crippen molar-refractivity contribution in [2.45, 2.75) is 43.1 Å². The predicted molar refractivity (Wildman–Crippen MR) is 54.8 cm³/mol. The Morgan fingerprint density at radius 1 is 1.30 bits per heavy atom. The topological polar surface area (TPSA) is 0 Å². The van der Waals surface area contributed by atoms with E-state index in [0.717, 1.165) is 19.3 Å². The Kier molecular flexibility index (Phi) is 5.74. The molecular formula is C8H17S2. The zero-order valence-corrected chi connectivity index (χ0v) is 8.43. The molecule has 0 rings (SSSR count). The van der Waals surface area contributed by atoms with Crippen LogP contribution in [0.5, 0.6) is 0 Å². The minimum Gasteiger partial charge on any atom is -0.162 e. The maximum atomic E-state index is 4.40. The highest BCUT2D eigenvalue weighted by Gasteiger charge is 2.15. The summed E-state index contributed by atoms with van der Waals surface area (Å²) in [5.74, 6) is 0. The minimum atomic E-state index is -0.0465. The molecule has 0 atom stereocenters. The summed E-state index contributed by atoms with van der Waals surface area (Å²) >= 11 is 8.81. The highest BCUT2D eigenvalue weighted by molar-refractivity contribution is 8.00. The van der Waals surface area contributed by atoms with Gasteiger partial charge in [-0.25, -0.2) is 0 Å². The van der Waals surface area contributed by atoms with Gasteiger partial charge in [-0.3, -0.25) is 0 Å². The van der Waals surface area contributed by atoms with E-state index in [1.165, 1.54) is 12.8 Å². The molecule has 0 aromatic rings. The van der Waals surface area contributed by atoms with Gasteiger partial charge in [-0.15, -0.1) is 0 Å². The highest BCUT2D eigenvalue weighted by Crippen LogP contribution is 2.29. The van der Waals surface area contributed by atoms with Crippen molar-refractivity contribution in [2.24, 2.45) is 0 Å². The molecule has 1 radical (unpaired) electrons. The zero-order valence-electron chi connectivity index (χ0n) is 6.64. The normalized spacial score (nSPS) is 12.0. The van der Waals surface area contributed by atoms with Crippen molar-refractivity contribution >= 4 is 25.3 Å². The number of hydrogen-bond acceptors (Lipinski definition) is 2. The van der Waals surface area contributed by atoms with Crippen molar-refractivity contribution in [3.8, 4) is 0 Å². The fraction of sp³-hybridized carbons (Fsp3) is 0.875. The summed E-state index contributed by atoms with van der Waals surface area (Å²) in [6.07, 6.45) is 5.54. The molecule has 2 heteroatoms. The Morgan fingerprint density at radius 3 is 2.30 bits per heavy atom. The second-order valence-electron chi connectivity index (χ2n) is 2.65. The van der Waals surface area contributed by atoms with Crippen LogP contribution in [0.4, 0.5) is 0 Å². The molecule has 0 amide bonds. The molecule has 0 N–H and O–H groups in total. The van der Waals surface area contributed by atoms with E-state index in [0.29, 0.717) is 0 Å². The third-order valence-electron chi connectivity index (χ3n) is 1.64. The van der Waals surface area contributed by atoms with Gasteiger partial charge in [0, 0.05) is 0 Å². The summed E-state index contributed by atoms with van der Waals surface area (Å²) < 4.78 is -0.0465. The molecule has 10 heavy (non-hydrogen) atoms. The molecule has 0 spiro atoms. The van der Waals surface area contributed by atoms with Crippen LogP contribution in [0, 0.1) is 6.92 Å². The smallest absolute Gasteiger partial charge is 0.0549 e. The molecule has 0 aliphatic rings. The van der Waals surface area contributed by atoms with Crippen LogP contribution in [-0.2, 0) is 0 Å². The molecular weight excluding hydrogens is 160 g/mol. The number of rotatable bonds is 5. The van der Waals surface area contributed by atoms with E-state index in [2.05, 4.69) is 39.1 Å². The molecule has 0 unspecified atom stereocenters. The van der Waals surface area contributed by atoms with Crippen LogP contribution >= 0.6 is 25.3 Å². The maximum Gasteiger partial charge on any atom is 0.0549 e. The van der Waals surface area contributed by atoms with Crippen molar-refractivity contribution in [3.63, 3.8) is 0 Å². The first kappa shape index (κ1) is 10.7. The van der Waals surface area contributed by atoms with Crippen molar-refractivity contribution in [1.29, 1.82) is 0 Å². The average molecular weight is 177 g/mol. The van der Waals surface area contributed by atoms with Gasteiger partial charge in [0.15, 0.2) is 0 Å². The van der Waals surface area contributed by atoms with Crippen LogP contribution in [0.2, 0.25) is 0 Å². The fourth-order valence-electron chi connectivity index (χ4n) is 0.762. The van der Waals surface area contributed by atoms with Crippen LogP contribution in [0.1, 0.15) is 39.0 Å². The van der Waals surface area contributed by atoms with Crippen molar-refractivity contribution < 1.29 is 0 Å². The van der Waals surface area contributed by atoms with Crippen LogP contribution in [0.15, 0.2) is 0 Å². The summed E-state index contributed by atoms with van der Waals surface area (Å²) in [4.78, 5) is 0. The van der Waals surface area contributed by atoms with Crippen molar-refractivity contribution in [2.75, 3.05) is 0 Å². The third-order valence-corrected chi connectivity index (χ3v) is 2.72. The van der Waals surface area contributed by atoms with Gasteiger partial charge in [0.25, 0.3) is 0 Å². The lowest BCUT2D eigenvalue weighted by Gasteiger charge is -2.19. The van der Waals surface area contributed by atoms with Crippen molar-refractivity contribution in [3.05, 3.63) is 6.92 Å². The monoisotopic (exact) mass is 177 g/mol. The van der Waals surface area contributed by atoms with Crippen LogP contribution in [0.25, 0.3) is 0 Å². The van der Waals surface area contributed by atoms with E-state index in [1.54, 1.807) is 0 Å². The predicted octanol–water partition coefficient (Wildman–Crippen LogP) is 3.35. The van der Waals surface area contributed by atoms with Gasteiger partial charge in [-0.1, -0.05) is 33.1 Å². The molecule has 61 valence electrons. The Labute approximate surface area is 75.6 Å². The lowest BCUT2D eigenvalue weighted by Crippen LogP contribution is -2.10. The van der Waals surface area contributed by atoms with Crippen LogP contribution in [-0.4, -0.2) is 4.08 Å². The number of unbranched alkanes of at least 4 members (excludes halogenated alkanes) is 2. The summed E-state index contributed by atoms with van der Waals surface area (Å²) in [7, 11) is 0. The molecule has 0 saturated carbocycles. The fourth-order valence-corrected chi connectivity index (χ4v) is 1.08. The molecule has 0 heterocycles. The Balaban J connectivity index is 3.28. The van der Waals surface area contributed by atoms with E-state index in [-0.39, 0.29) is 4.08 Å². The molecule has 0 saturated heterocycles. The largest absolute Gasteiger partial charge is 0.162 e. The molecule has 0 bridgehead atoms. The molecule has 0 fully saturated rings. The summed E-state index contributed by atoms with van der Waals surface area (Å²) in [5, 5.41) is 0. The lowest BCUT2D eigenvalue weighted by molar-refractivity contribution is 0.625. The first-order valence-corrected chi connectivity index (χ1v) is 4.76. The first-order chi connectivity index (χ1) is 4.62. The Hall–Kier alpha value is 0.700. The summed E-state index contributed by atoms with van der Waals surface area (Å²) in [6.45, 7) is 5.90. The van der Waals surface area contributed by atoms with E-state index < -0.39 is 0 Å². The molecule has 0 aromatic carbocycles. The van der Waals surface area contributed by atoms with Crippen LogP contribution in [0.3, 0.4) is 0 Å². The molecule has 0 aliphatic carbocycles. The average Bonchev–Trinajstić information content (AvgIpc) is 1.89. The SMILES string of the molecule is [CH2]CCCCC(S)(S)CC. The van der Waals surface area contributed by atoms with Crippen molar-refractivity contribution in [1.82, 2.24) is 0 Å². The zero-order chi connectivity index (χ0) is 8.04. The highest BCUT2D eigenvalue weighted by atomic mass is 32.2. The maximum absolute atomic E-state index is 4.40. The molecule has 0 aliphatic heterocycles. The van der Waals surface area contributed by atoms with Gasteiger partial charge < -0.3 is 0 Å². The van der Waals surface area contributed by atoms with Gasteiger partial charge in [-0.2, -0.15) is 25.3 Å². The van der Waals surface area contributed by atoms with Gasteiger partial charge >= 0.3 is 0 Å². The standard InChI is InChI=1S/C8H17S2/c1-3-5-6-7-8(9,10)4-2/h9-10H,1,3-7H2,2H3. The second-order valence-corrected chi connectivity index (χ2v) is 4.71. The van der Waals surface area contributed by atoms with Gasteiger partial charge in [-0.05, 0) is 12.8 Å². The van der Waals surface area contributed by atoms with E-state index >= 15 is 0 Å². The van der Waals surface area contributed by atoms with E-state index in [9.17, 15) is 0 Å². The van der Waals surface area contributed by atoms with Gasteiger partial charge in [0.1, 0.15) is 0 Å². The second kappa shape index (κ2) is 5.36. The number of hydrogen-bond donors (Lipinski definition) is 2. The van der Waals surface area contributed by atoms with Gasteiger partial charge in [0.2, 0.25) is 0 Å². The minimum absolute atomic E-state index is 0.0465. The van der Waals surface area contributed by atoms with E-state index in [1.807, 2.05) is 0 Å². The lowest BCUT2D eigenvalue weighted by atomic mass is 10.1. The van der Waals surface area contributed by atoms with Crippen LogP contribution < -0.4 is 0 Å². The summed E-state index contributed by atoms with van der Waals surface area (Å²) in [5.41, 5.74) is 0. The quantitative estimate of drug-likeness (QED) is 0.359. The molecule has 0 aromatic heterocycles.